The Hall–Kier alpha value is -2.23. The van der Waals surface area contributed by atoms with Crippen LogP contribution in [0.1, 0.15) is 12.6 Å². The topological polar surface area (TPSA) is 32.0 Å². The minimum atomic E-state index is 0.824. The van der Waals surface area contributed by atoms with Crippen LogP contribution in [0.15, 0.2) is 43.0 Å². The lowest BCUT2D eigenvalue weighted by atomic mass is 10.2. The van der Waals surface area contributed by atoms with Gasteiger partial charge in [0.2, 0.25) is 0 Å². The van der Waals surface area contributed by atoms with Crippen molar-refractivity contribution in [2.75, 3.05) is 7.11 Å². The maximum Gasteiger partial charge on any atom is 0.128 e. The Labute approximate surface area is 112 Å². The number of aromatic nitrogens is 3. The summed E-state index contributed by atoms with van der Waals surface area (Å²) < 4.78 is 9.77. The maximum absolute atomic E-state index is 5.39. The number of ether oxygens (including phenoxy) is 1. The first-order valence-corrected chi connectivity index (χ1v) is 6.44. The van der Waals surface area contributed by atoms with E-state index >= 15 is 0 Å². The summed E-state index contributed by atoms with van der Waals surface area (Å²) in [6.07, 6.45) is 5.90. The number of fused-ring (bicyclic) bond motifs is 1. The van der Waals surface area contributed by atoms with Crippen LogP contribution in [0.25, 0.3) is 10.9 Å². The number of hydrogen-bond donors (Lipinski definition) is 0. The Morgan fingerprint density at radius 2 is 2.11 bits per heavy atom. The Kier molecular flexibility index (Phi) is 2.99. The van der Waals surface area contributed by atoms with E-state index in [-0.39, 0.29) is 0 Å². The van der Waals surface area contributed by atoms with Crippen LogP contribution in [0, 0.1) is 0 Å². The van der Waals surface area contributed by atoms with Crippen LogP contribution in [-0.2, 0) is 13.1 Å². The Bertz CT molecular complexity index is 696. The fraction of sp³-hybridized carbons (Fsp3) is 0.267. The van der Waals surface area contributed by atoms with Crippen molar-refractivity contribution in [3.05, 3.63) is 48.7 Å². The van der Waals surface area contributed by atoms with Crippen LogP contribution >= 0.6 is 0 Å². The van der Waals surface area contributed by atoms with E-state index in [2.05, 4.69) is 39.4 Å². The lowest BCUT2D eigenvalue weighted by Gasteiger charge is -2.08. The van der Waals surface area contributed by atoms with E-state index in [1.54, 1.807) is 7.11 Å². The zero-order chi connectivity index (χ0) is 13.2. The van der Waals surface area contributed by atoms with Crippen LogP contribution in [0.5, 0.6) is 5.75 Å². The molecule has 0 saturated heterocycles. The van der Waals surface area contributed by atoms with E-state index in [1.165, 1.54) is 11.2 Å². The van der Waals surface area contributed by atoms with Gasteiger partial charge < -0.3 is 13.9 Å². The molecule has 0 aliphatic carbocycles. The largest absolute Gasteiger partial charge is 0.496 e. The Morgan fingerprint density at radius 3 is 2.89 bits per heavy atom. The molecule has 19 heavy (non-hydrogen) atoms. The molecule has 0 amide bonds. The van der Waals surface area contributed by atoms with E-state index in [0.717, 1.165) is 24.2 Å². The SMILES string of the molecule is CCn1cncc1Cn1ccc2c(OC)cccc21. The second kappa shape index (κ2) is 4.80. The number of hydrogen-bond acceptors (Lipinski definition) is 2. The number of imidazole rings is 1. The standard InChI is InChI=1S/C15H17N3O/c1-3-17-11-16-9-12(17)10-18-8-7-13-14(18)5-4-6-15(13)19-2/h4-9,11H,3,10H2,1-2H3. The normalized spacial score (nSPS) is 11.1. The van der Waals surface area contributed by atoms with Gasteiger partial charge in [-0.2, -0.15) is 0 Å². The van der Waals surface area contributed by atoms with Gasteiger partial charge in [0.25, 0.3) is 0 Å². The summed E-state index contributed by atoms with van der Waals surface area (Å²) in [4.78, 5) is 4.21. The second-order valence-corrected chi connectivity index (χ2v) is 4.51. The molecule has 0 N–H and O–H groups in total. The molecule has 0 spiro atoms. The smallest absolute Gasteiger partial charge is 0.128 e. The van der Waals surface area contributed by atoms with E-state index in [1.807, 2.05) is 24.7 Å². The van der Waals surface area contributed by atoms with E-state index in [4.69, 9.17) is 4.74 Å². The molecule has 0 aliphatic rings. The van der Waals surface area contributed by atoms with Crippen LogP contribution < -0.4 is 4.74 Å². The average Bonchev–Trinajstić information content (AvgIpc) is 3.06. The van der Waals surface area contributed by atoms with Gasteiger partial charge in [0.05, 0.1) is 31.2 Å². The summed E-state index contributed by atoms with van der Waals surface area (Å²) >= 11 is 0. The molecule has 3 aromatic rings. The monoisotopic (exact) mass is 255 g/mol. The lowest BCUT2D eigenvalue weighted by Crippen LogP contribution is -2.05. The Morgan fingerprint density at radius 1 is 1.21 bits per heavy atom. The highest BCUT2D eigenvalue weighted by Gasteiger charge is 2.07. The minimum absolute atomic E-state index is 0.824. The van der Waals surface area contributed by atoms with Crippen molar-refractivity contribution in [1.82, 2.24) is 14.1 Å². The van der Waals surface area contributed by atoms with Gasteiger partial charge in [-0.1, -0.05) is 6.07 Å². The molecule has 3 rings (SSSR count). The summed E-state index contributed by atoms with van der Waals surface area (Å²) in [7, 11) is 1.71. The van der Waals surface area contributed by atoms with E-state index in [9.17, 15) is 0 Å². The second-order valence-electron chi connectivity index (χ2n) is 4.51. The summed E-state index contributed by atoms with van der Waals surface area (Å²) in [5.41, 5.74) is 2.39. The van der Waals surface area contributed by atoms with Crippen LogP contribution in [-0.4, -0.2) is 21.2 Å². The summed E-state index contributed by atoms with van der Waals surface area (Å²) in [5, 5.41) is 1.15. The summed E-state index contributed by atoms with van der Waals surface area (Å²) in [6.45, 7) is 3.89. The molecule has 0 atom stereocenters. The van der Waals surface area contributed by atoms with Gasteiger partial charge in [-0.15, -0.1) is 0 Å². The van der Waals surface area contributed by atoms with Crippen molar-refractivity contribution in [3.8, 4) is 5.75 Å². The first-order chi connectivity index (χ1) is 9.33. The lowest BCUT2D eigenvalue weighted by molar-refractivity contribution is 0.420. The number of benzene rings is 1. The average molecular weight is 255 g/mol. The van der Waals surface area contributed by atoms with Crippen molar-refractivity contribution in [3.63, 3.8) is 0 Å². The van der Waals surface area contributed by atoms with Gasteiger partial charge in [0.1, 0.15) is 5.75 Å². The first-order valence-electron chi connectivity index (χ1n) is 6.44. The van der Waals surface area contributed by atoms with Crippen molar-refractivity contribution < 1.29 is 4.74 Å². The number of rotatable bonds is 4. The predicted octanol–water partition coefficient (Wildman–Crippen LogP) is 2.91. The molecule has 0 unspecified atom stereocenters. The van der Waals surface area contributed by atoms with Crippen molar-refractivity contribution in [2.45, 2.75) is 20.0 Å². The molecule has 0 bridgehead atoms. The third-order valence-electron chi connectivity index (χ3n) is 3.47. The van der Waals surface area contributed by atoms with E-state index in [0.29, 0.717) is 0 Å². The van der Waals surface area contributed by atoms with Gasteiger partial charge in [-0.25, -0.2) is 4.98 Å². The maximum atomic E-state index is 5.39. The highest BCUT2D eigenvalue weighted by Crippen LogP contribution is 2.26. The zero-order valence-corrected chi connectivity index (χ0v) is 11.2. The van der Waals surface area contributed by atoms with Crippen LogP contribution in [0.4, 0.5) is 0 Å². The summed E-state index contributed by atoms with van der Waals surface area (Å²) in [6, 6.07) is 8.23. The highest BCUT2D eigenvalue weighted by atomic mass is 16.5. The molecule has 2 aromatic heterocycles. The first kappa shape index (κ1) is 11.8. The molecule has 0 fully saturated rings. The predicted molar refractivity (Wildman–Crippen MR) is 75.5 cm³/mol. The molecule has 1 aromatic carbocycles. The van der Waals surface area contributed by atoms with Gasteiger partial charge in [-0.3, -0.25) is 0 Å². The van der Waals surface area contributed by atoms with Crippen molar-refractivity contribution in [2.24, 2.45) is 0 Å². The fourth-order valence-electron chi connectivity index (χ4n) is 2.45. The fourth-order valence-corrected chi connectivity index (χ4v) is 2.45. The van der Waals surface area contributed by atoms with Gasteiger partial charge in [0.15, 0.2) is 0 Å². The van der Waals surface area contributed by atoms with Crippen LogP contribution in [0.3, 0.4) is 0 Å². The molecule has 0 radical (unpaired) electrons. The molecular formula is C15H17N3O. The Balaban J connectivity index is 2.02. The van der Waals surface area contributed by atoms with Gasteiger partial charge >= 0.3 is 0 Å². The van der Waals surface area contributed by atoms with Crippen molar-refractivity contribution in [1.29, 1.82) is 0 Å². The minimum Gasteiger partial charge on any atom is -0.496 e. The number of nitrogens with zero attached hydrogens (tertiary/aromatic N) is 3. The highest BCUT2D eigenvalue weighted by molar-refractivity contribution is 5.86. The summed E-state index contributed by atoms with van der Waals surface area (Å²) in [5.74, 6) is 0.917. The third kappa shape index (κ3) is 1.99. The molecule has 4 heteroatoms. The van der Waals surface area contributed by atoms with E-state index < -0.39 is 0 Å². The number of methoxy groups -OCH3 is 1. The molecule has 2 heterocycles. The van der Waals surface area contributed by atoms with Gasteiger partial charge in [0, 0.05) is 24.3 Å². The number of aryl methyl sites for hydroxylation is 1. The molecular weight excluding hydrogens is 238 g/mol. The molecule has 4 nitrogen and oxygen atoms in total. The van der Waals surface area contributed by atoms with Crippen molar-refractivity contribution >= 4 is 10.9 Å². The molecule has 0 saturated carbocycles. The molecule has 98 valence electrons. The zero-order valence-electron chi connectivity index (χ0n) is 11.2. The van der Waals surface area contributed by atoms with Crippen LogP contribution in [0.2, 0.25) is 0 Å². The van der Waals surface area contributed by atoms with Gasteiger partial charge in [-0.05, 0) is 25.1 Å². The molecule has 0 aliphatic heterocycles. The third-order valence-corrected chi connectivity index (χ3v) is 3.47. The quantitative estimate of drug-likeness (QED) is 0.718.